The van der Waals surface area contributed by atoms with Gasteiger partial charge in [0, 0.05) is 48.0 Å². The van der Waals surface area contributed by atoms with Gasteiger partial charge >= 0.3 is 0 Å². The van der Waals surface area contributed by atoms with Crippen LogP contribution in [0, 0.1) is 12.8 Å². The number of nitrogens with zero attached hydrogens (tertiary/aromatic N) is 3. The summed E-state index contributed by atoms with van der Waals surface area (Å²) >= 11 is 0. The van der Waals surface area contributed by atoms with E-state index in [4.69, 9.17) is 9.72 Å². The Labute approximate surface area is 212 Å². The lowest BCUT2D eigenvalue weighted by molar-refractivity contribution is 0.466. The molecule has 2 aromatic carbocycles. The molecule has 0 aliphatic carbocycles. The highest BCUT2D eigenvalue weighted by Crippen LogP contribution is 2.38. The zero-order valence-corrected chi connectivity index (χ0v) is 21.2. The summed E-state index contributed by atoms with van der Waals surface area (Å²) in [7, 11) is 0. The lowest BCUT2D eigenvalue weighted by Gasteiger charge is -2.23. The number of nitrogens with one attached hydrogen (secondary N) is 3. The Bertz CT molecular complexity index is 1330. The fraction of sp³-hybridized carbons (Fsp3) is 0.345. The minimum Gasteiger partial charge on any atom is -0.437 e. The second kappa shape index (κ2) is 10.9. The fourth-order valence-electron chi connectivity index (χ4n) is 4.54. The molecule has 0 amide bonds. The summed E-state index contributed by atoms with van der Waals surface area (Å²) in [6.45, 7) is 9.38. The second-order valence-electron chi connectivity index (χ2n) is 9.80. The van der Waals surface area contributed by atoms with Gasteiger partial charge in [-0.25, -0.2) is 15.0 Å². The minimum atomic E-state index is 0.329. The van der Waals surface area contributed by atoms with Gasteiger partial charge in [-0.2, -0.15) is 0 Å². The predicted molar refractivity (Wildman–Crippen MR) is 147 cm³/mol. The Morgan fingerprint density at radius 2 is 1.94 bits per heavy atom. The zero-order chi connectivity index (χ0) is 24.9. The van der Waals surface area contributed by atoms with Crippen LogP contribution in [0.2, 0.25) is 0 Å². The van der Waals surface area contributed by atoms with Crippen LogP contribution in [0.5, 0.6) is 11.6 Å². The highest BCUT2D eigenvalue weighted by molar-refractivity contribution is 5.98. The highest BCUT2D eigenvalue weighted by atomic mass is 16.5. The van der Waals surface area contributed by atoms with Crippen LogP contribution in [0.25, 0.3) is 22.0 Å². The summed E-state index contributed by atoms with van der Waals surface area (Å²) in [5.41, 5.74) is 3.76. The number of piperidine rings is 1. The van der Waals surface area contributed by atoms with Crippen molar-refractivity contribution in [1.82, 2.24) is 20.3 Å². The molecule has 2 aromatic heterocycles. The van der Waals surface area contributed by atoms with E-state index in [2.05, 4.69) is 77.0 Å². The Hall–Kier alpha value is -3.71. The van der Waals surface area contributed by atoms with Crippen LogP contribution in [0.1, 0.15) is 32.3 Å². The molecule has 7 nitrogen and oxygen atoms in total. The fourth-order valence-corrected chi connectivity index (χ4v) is 4.54. The molecular weight excluding hydrogens is 448 g/mol. The molecule has 4 aromatic rings. The Morgan fingerprint density at radius 3 is 2.78 bits per heavy atom. The molecule has 0 unspecified atom stereocenters. The van der Waals surface area contributed by atoms with Gasteiger partial charge in [0.15, 0.2) is 0 Å². The van der Waals surface area contributed by atoms with E-state index in [9.17, 15) is 0 Å². The molecule has 0 bridgehead atoms. The summed E-state index contributed by atoms with van der Waals surface area (Å²) in [6.07, 6.45) is 5.80. The normalized spacial score (nSPS) is 15.7. The average Bonchev–Trinajstić information content (AvgIpc) is 2.90. The van der Waals surface area contributed by atoms with Crippen LogP contribution in [-0.2, 0) is 0 Å². The van der Waals surface area contributed by atoms with Gasteiger partial charge in [-0.1, -0.05) is 38.1 Å². The zero-order valence-electron chi connectivity index (χ0n) is 21.2. The summed E-state index contributed by atoms with van der Waals surface area (Å²) in [4.78, 5) is 13.8. The van der Waals surface area contributed by atoms with Crippen LogP contribution in [-0.4, -0.2) is 40.6 Å². The van der Waals surface area contributed by atoms with E-state index in [1.165, 1.54) is 0 Å². The third kappa shape index (κ3) is 5.41. The van der Waals surface area contributed by atoms with Crippen molar-refractivity contribution in [2.24, 2.45) is 5.92 Å². The molecule has 7 heteroatoms. The summed E-state index contributed by atoms with van der Waals surface area (Å²) in [5.74, 6) is 2.51. The monoisotopic (exact) mass is 482 g/mol. The highest BCUT2D eigenvalue weighted by Gasteiger charge is 2.17. The Balaban J connectivity index is 1.47. The topological polar surface area (TPSA) is 84.0 Å². The summed E-state index contributed by atoms with van der Waals surface area (Å²) in [5, 5.41) is 12.6. The molecule has 1 aliphatic rings. The third-order valence-corrected chi connectivity index (χ3v) is 6.44. The molecule has 5 rings (SSSR count). The standard InChI is InChI=1S/C29H34N6O/c1-19(2)17-33-25-10-4-8-23-22(25)12-11-20(3)27(23)36-28-24(9-6-15-31-28)26-13-16-32-29(35-26)34-21-7-5-14-30-18-21/h4,6,8-13,15-16,19,21,30,33H,5,7,14,17-18H2,1-3H3,(H,32,34,35)/t21-/m0/s1. The number of aromatic nitrogens is 3. The first-order chi connectivity index (χ1) is 17.6. The minimum absolute atomic E-state index is 0.329. The SMILES string of the molecule is Cc1ccc2c(NCC(C)C)cccc2c1Oc1ncccc1-c1ccnc(N[C@H]2CCCNC2)n1. The number of fused-ring (bicyclic) bond motifs is 1. The molecular formula is C29H34N6O. The summed E-state index contributed by atoms with van der Waals surface area (Å²) in [6, 6.07) is 16.7. The van der Waals surface area contributed by atoms with E-state index in [0.29, 0.717) is 23.8 Å². The van der Waals surface area contributed by atoms with Gasteiger partial charge in [0.1, 0.15) is 5.75 Å². The first-order valence-electron chi connectivity index (χ1n) is 12.8. The molecule has 3 N–H and O–H groups in total. The first kappa shape index (κ1) is 24.0. The molecule has 0 spiro atoms. The van der Waals surface area contributed by atoms with E-state index in [-0.39, 0.29) is 0 Å². The van der Waals surface area contributed by atoms with Gasteiger partial charge in [0.25, 0.3) is 0 Å². The van der Waals surface area contributed by atoms with Crippen molar-refractivity contribution in [3.8, 4) is 22.9 Å². The smallest absolute Gasteiger partial charge is 0.228 e. The molecule has 0 radical (unpaired) electrons. The van der Waals surface area contributed by atoms with Gasteiger partial charge in [0.05, 0.1) is 11.3 Å². The average molecular weight is 483 g/mol. The van der Waals surface area contributed by atoms with Crippen LogP contribution in [0.15, 0.2) is 60.9 Å². The maximum Gasteiger partial charge on any atom is 0.228 e. The van der Waals surface area contributed by atoms with E-state index >= 15 is 0 Å². The molecule has 1 aliphatic heterocycles. The van der Waals surface area contributed by atoms with Crippen molar-refractivity contribution in [1.29, 1.82) is 0 Å². The maximum absolute atomic E-state index is 6.55. The number of hydrogen-bond donors (Lipinski definition) is 3. The van der Waals surface area contributed by atoms with Crippen molar-refractivity contribution in [3.63, 3.8) is 0 Å². The lowest BCUT2D eigenvalue weighted by atomic mass is 10.0. The second-order valence-corrected chi connectivity index (χ2v) is 9.80. The van der Waals surface area contributed by atoms with Crippen molar-refractivity contribution < 1.29 is 4.74 Å². The van der Waals surface area contributed by atoms with E-state index in [1.54, 1.807) is 12.4 Å². The molecule has 1 atom stereocenters. The van der Waals surface area contributed by atoms with E-state index < -0.39 is 0 Å². The molecule has 36 heavy (non-hydrogen) atoms. The maximum atomic E-state index is 6.55. The van der Waals surface area contributed by atoms with Crippen LogP contribution in [0.3, 0.4) is 0 Å². The molecule has 3 heterocycles. The van der Waals surface area contributed by atoms with E-state index in [0.717, 1.165) is 71.5 Å². The van der Waals surface area contributed by atoms with Crippen molar-refractivity contribution >= 4 is 22.4 Å². The third-order valence-electron chi connectivity index (χ3n) is 6.44. The quantitative estimate of drug-likeness (QED) is 0.283. The molecule has 1 saturated heterocycles. The number of rotatable bonds is 8. The number of ether oxygens (including phenoxy) is 1. The van der Waals surface area contributed by atoms with Crippen LogP contribution < -0.4 is 20.7 Å². The number of anilines is 2. The molecule has 0 saturated carbocycles. The number of aryl methyl sites for hydroxylation is 1. The predicted octanol–water partition coefficient (Wildman–Crippen LogP) is 6.02. The first-order valence-corrected chi connectivity index (χ1v) is 12.8. The Kier molecular flexibility index (Phi) is 7.28. The van der Waals surface area contributed by atoms with Gasteiger partial charge in [0.2, 0.25) is 11.8 Å². The molecule has 1 fully saturated rings. The number of pyridine rings is 1. The van der Waals surface area contributed by atoms with Crippen molar-refractivity contribution in [2.45, 2.75) is 39.7 Å². The molecule has 186 valence electrons. The lowest BCUT2D eigenvalue weighted by Crippen LogP contribution is -2.38. The van der Waals surface area contributed by atoms with Gasteiger partial charge < -0.3 is 20.7 Å². The van der Waals surface area contributed by atoms with Crippen molar-refractivity contribution in [2.75, 3.05) is 30.3 Å². The van der Waals surface area contributed by atoms with Gasteiger partial charge in [-0.15, -0.1) is 0 Å². The van der Waals surface area contributed by atoms with Crippen LogP contribution >= 0.6 is 0 Å². The van der Waals surface area contributed by atoms with E-state index in [1.807, 2.05) is 18.2 Å². The van der Waals surface area contributed by atoms with Crippen molar-refractivity contribution in [3.05, 3.63) is 66.5 Å². The van der Waals surface area contributed by atoms with Crippen LogP contribution in [0.4, 0.5) is 11.6 Å². The summed E-state index contributed by atoms with van der Waals surface area (Å²) < 4.78 is 6.55. The Morgan fingerprint density at radius 1 is 1.03 bits per heavy atom. The van der Waals surface area contributed by atoms with Gasteiger partial charge in [-0.3, -0.25) is 0 Å². The largest absolute Gasteiger partial charge is 0.437 e. The number of hydrogen-bond acceptors (Lipinski definition) is 7. The van der Waals surface area contributed by atoms with Gasteiger partial charge in [-0.05, 0) is 62.1 Å². The number of benzene rings is 2.